The minimum absolute atomic E-state index is 0.259. The van der Waals surface area contributed by atoms with Crippen molar-refractivity contribution in [1.82, 2.24) is 15.3 Å². The Morgan fingerprint density at radius 2 is 2.00 bits per heavy atom. The van der Waals surface area contributed by atoms with Crippen molar-refractivity contribution in [3.05, 3.63) is 18.1 Å². The van der Waals surface area contributed by atoms with Gasteiger partial charge < -0.3 is 10.2 Å². The third-order valence-corrected chi connectivity index (χ3v) is 2.13. The van der Waals surface area contributed by atoms with E-state index >= 15 is 0 Å². The van der Waals surface area contributed by atoms with Gasteiger partial charge in [-0.2, -0.15) is 0 Å². The SMILES string of the molecule is CNCc1cncc(N(C)CC(C)(C)C)n1. The molecule has 90 valence electrons. The average Bonchev–Trinajstić information content (AvgIpc) is 2.16. The molecular formula is C12H22N4. The molecule has 0 aliphatic rings. The maximum Gasteiger partial charge on any atom is 0.147 e. The standard InChI is InChI=1S/C12H22N4/c1-12(2,3)9-16(5)11-8-14-7-10(15-11)6-13-4/h7-8,13H,6,9H2,1-5H3. The minimum Gasteiger partial charge on any atom is -0.358 e. The number of anilines is 1. The molecule has 0 saturated heterocycles. The maximum atomic E-state index is 4.55. The molecule has 0 unspecified atom stereocenters. The van der Waals surface area contributed by atoms with Gasteiger partial charge in [0.25, 0.3) is 0 Å². The monoisotopic (exact) mass is 222 g/mol. The Morgan fingerprint density at radius 1 is 1.31 bits per heavy atom. The Labute approximate surface area is 98.1 Å². The minimum atomic E-state index is 0.259. The highest BCUT2D eigenvalue weighted by molar-refractivity contribution is 5.35. The molecule has 0 fully saturated rings. The predicted octanol–water partition coefficient (Wildman–Crippen LogP) is 1.68. The van der Waals surface area contributed by atoms with Crippen molar-refractivity contribution in [2.75, 3.05) is 25.5 Å². The van der Waals surface area contributed by atoms with Crippen molar-refractivity contribution >= 4 is 5.82 Å². The lowest BCUT2D eigenvalue weighted by atomic mass is 9.96. The van der Waals surface area contributed by atoms with Crippen LogP contribution in [0, 0.1) is 5.41 Å². The van der Waals surface area contributed by atoms with Crippen molar-refractivity contribution in [2.24, 2.45) is 5.41 Å². The molecule has 1 heterocycles. The van der Waals surface area contributed by atoms with Gasteiger partial charge in [-0.1, -0.05) is 20.8 Å². The van der Waals surface area contributed by atoms with E-state index in [9.17, 15) is 0 Å². The molecule has 0 aromatic carbocycles. The first-order valence-electron chi connectivity index (χ1n) is 5.59. The summed E-state index contributed by atoms with van der Waals surface area (Å²) in [6.07, 6.45) is 3.61. The third-order valence-electron chi connectivity index (χ3n) is 2.13. The van der Waals surface area contributed by atoms with E-state index in [4.69, 9.17) is 0 Å². The zero-order valence-corrected chi connectivity index (χ0v) is 10.9. The summed E-state index contributed by atoms with van der Waals surface area (Å²) in [6, 6.07) is 0. The Balaban J connectivity index is 2.75. The Morgan fingerprint density at radius 3 is 2.56 bits per heavy atom. The highest BCUT2D eigenvalue weighted by atomic mass is 15.2. The average molecular weight is 222 g/mol. The molecule has 0 aliphatic carbocycles. The molecule has 1 aromatic heterocycles. The molecule has 0 spiro atoms. The topological polar surface area (TPSA) is 41.1 Å². The lowest BCUT2D eigenvalue weighted by Gasteiger charge is -2.27. The summed E-state index contributed by atoms with van der Waals surface area (Å²) < 4.78 is 0. The fraction of sp³-hybridized carbons (Fsp3) is 0.667. The number of nitrogens with one attached hydrogen (secondary N) is 1. The molecule has 0 amide bonds. The second-order valence-corrected chi connectivity index (χ2v) is 5.32. The largest absolute Gasteiger partial charge is 0.358 e. The zero-order valence-electron chi connectivity index (χ0n) is 10.9. The van der Waals surface area contributed by atoms with Crippen LogP contribution in [0.4, 0.5) is 5.82 Å². The fourth-order valence-electron chi connectivity index (χ4n) is 1.64. The molecule has 0 bridgehead atoms. The highest BCUT2D eigenvalue weighted by Crippen LogP contribution is 2.18. The quantitative estimate of drug-likeness (QED) is 0.841. The van der Waals surface area contributed by atoms with Gasteiger partial charge in [0, 0.05) is 26.3 Å². The predicted molar refractivity (Wildman–Crippen MR) is 67.5 cm³/mol. The van der Waals surface area contributed by atoms with Crippen LogP contribution >= 0.6 is 0 Å². The molecule has 16 heavy (non-hydrogen) atoms. The van der Waals surface area contributed by atoms with Gasteiger partial charge in [-0.15, -0.1) is 0 Å². The van der Waals surface area contributed by atoms with Gasteiger partial charge in [-0.05, 0) is 12.5 Å². The van der Waals surface area contributed by atoms with Crippen molar-refractivity contribution in [3.63, 3.8) is 0 Å². The summed E-state index contributed by atoms with van der Waals surface area (Å²) in [7, 11) is 3.96. The van der Waals surface area contributed by atoms with Crippen LogP contribution in [0.5, 0.6) is 0 Å². The molecule has 0 atom stereocenters. The summed E-state index contributed by atoms with van der Waals surface area (Å²) >= 11 is 0. The van der Waals surface area contributed by atoms with Crippen LogP contribution in [-0.4, -0.2) is 30.6 Å². The van der Waals surface area contributed by atoms with Crippen LogP contribution in [-0.2, 0) is 6.54 Å². The van der Waals surface area contributed by atoms with Gasteiger partial charge in [-0.25, -0.2) is 4.98 Å². The van der Waals surface area contributed by atoms with Crippen molar-refractivity contribution in [2.45, 2.75) is 27.3 Å². The van der Waals surface area contributed by atoms with E-state index in [0.717, 1.165) is 24.6 Å². The van der Waals surface area contributed by atoms with Gasteiger partial charge >= 0.3 is 0 Å². The molecule has 1 aromatic rings. The molecule has 1 N–H and O–H groups in total. The number of hydrogen-bond acceptors (Lipinski definition) is 4. The van der Waals surface area contributed by atoms with E-state index in [2.05, 4.69) is 48.0 Å². The Bertz CT molecular complexity index is 330. The second kappa shape index (κ2) is 5.25. The van der Waals surface area contributed by atoms with Crippen molar-refractivity contribution < 1.29 is 0 Å². The van der Waals surface area contributed by atoms with Gasteiger partial charge in [0.15, 0.2) is 0 Å². The summed E-state index contributed by atoms with van der Waals surface area (Å²) in [5.41, 5.74) is 1.23. The van der Waals surface area contributed by atoms with Crippen LogP contribution in [0.25, 0.3) is 0 Å². The molecule has 0 aliphatic heterocycles. The summed E-state index contributed by atoms with van der Waals surface area (Å²) in [6.45, 7) is 8.37. The first kappa shape index (κ1) is 12.9. The molecule has 0 saturated carbocycles. The zero-order chi connectivity index (χ0) is 12.2. The summed E-state index contributed by atoms with van der Waals surface area (Å²) in [5.74, 6) is 0.933. The lowest BCUT2D eigenvalue weighted by Crippen LogP contribution is -2.30. The van der Waals surface area contributed by atoms with Crippen molar-refractivity contribution in [3.8, 4) is 0 Å². The van der Waals surface area contributed by atoms with E-state index in [-0.39, 0.29) is 5.41 Å². The van der Waals surface area contributed by atoms with Gasteiger partial charge in [0.2, 0.25) is 0 Å². The fourth-order valence-corrected chi connectivity index (χ4v) is 1.64. The summed E-state index contributed by atoms with van der Waals surface area (Å²) in [4.78, 5) is 10.9. The lowest BCUT2D eigenvalue weighted by molar-refractivity contribution is 0.417. The third kappa shape index (κ3) is 4.14. The number of nitrogens with zero attached hydrogens (tertiary/aromatic N) is 3. The van der Waals surface area contributed by atoms with E-state index in [1.54, 1.807) is 6.20 Å². The van der Waals surface area contributed by atoms with E-state index in [1.807, 2.05) is 13.2 Å². The van der Waals surface area contributed by atoms with Crippen LogP contribution < -0.4 is 10.2 Å². The molecule has 4 heteroatoms. The van der Waals surface area contributed by atoms with Crippen molar-refractivity contribution in [1.29, 1.82) is 0 Å². The molecule has 0 radical (unpaired) electrons. The number of hydrogen-bond donors (Lipinski definition) is 1. The van der Waals surface area contributed by atoms with Crippen LogP contribution in [0.1, 0.15) is 26.5 Å². The van der Waals surface area contributed by atoms with Gasteiger partial charge in [0.05, 0.1) is 11.9 Å². The first-order chi connectivity index (χ1) is 7.42. The van der Waals surface area contributed by atoms with Gasteiger partial charge in [-0.3, -0.25) is 4.98 Å². The first-order valence-corrected chi connectivity index (χ1v) is 5.59. The molecule has 1 rings (SSSR count). The number of aromatic nitrogens is 2. The molecule has 4 nitrogen and oxygen atoms in total. The van der Waals surface area contributed by atoms with Gasteiger partial charge in [0.1, 0.15) is 5.82 Å². The Hall–Kier alpha value is -1.16. The van der Waals surface area contributed by atoms with Crippen LogP contribution in [0.15, 0.2) is 12.4 Å². The number of rotatable bonds is 4. The normalized spacial score (nSPS) is 11.6. The maximum absolute atomic E-state index is 4.55. The van der Waals surface area contributed by atoms with E-state index < -0.39 is 0 Å². The van der Waals surface area contributed by atoms with E-state index in [1.165, 1.54) is 0 Å². The van der Waals surface area contributed by atoms with Crippen LogP contribution in [0.3, 0.4) is 0 Å². The Kier molecular flexibility index (Phi) is 4.24. The smallest absolute Gasteiger partial charge is 0.147 e. The second-order valence-electron chi connectivity index (χ2n) is 5.32. The van der Waals surface area contributed by atoms with E-state index in [0.29, 0.717) is 0 Å². The van der Waals surface area contributed by atoms with Crippen LogP contribution in [0.2, 0.25) is 0 Å². The summed E-state index contributed by atoms with van der Waals surface area (Å²) in [5, 5.41) is 3.08. The highest BCUT2D eigenvalue weighted by Gasteiger charge is 2.14. The molecular weight excluding hydrogens is 200 g/mol.